The van der Waals surface area contributed by atoms with Crippen LogP contribution in [0.25, 0.3) is 0 Å². The van der Waals surface area contributed by atoms with Crippen molar-refractivity contribution in [2.24, 2.45) is 0 Å². The van der Waals surface area contributed by atoms with Crippen LogP contribution in [0.2, 0.25) is 0 Å². The first-order valence-corrected chi connectivity index (χ1v) is 6.67. The molecule has 0 radical (unpaired) electrons. The van der Waals surface area contributed by atoms with Crippen molar-refractivity contribution in [1.29, 1.82) is 0 Å². The van der Waals surface area contributed by atoms with Crippen LogP contribution in [0.5, 0.6) is 5.75 Å². The van der Waals surface area contributed by atoms with Gasteiger partial charge in [-0.15, -0.1) is 13.2 Å². The van der Waals surface area contributed by atoms with Gasteiger partial charge in [-0.05, 0) is 45.0 Å². The molecule has 1 saturated heterocycles. The van der Waals surface area contributed by atoms with E-state index in [1.807, 2.05) is 6.92 Å². The molecule has 0 spiro atoms. The number of alkyl halides is 3. The molecule has 1 amide bonds. The highest BCUT2D eigenvalue weighted by Gasteiger charge is 2.34. The molecule has 0 aromatic heterocycles. The molecule has 1 fully saturated rings. The largest absolute Gasteiger partial charge is 0.573 e. The average molecular weight is 302 g/mol. The SMILES string of the molecule is CC1(NC(=O)c2ccccc2OC(F)(F)F)CCNCC1. The molecule has 0 saturated carbocycles. The van der Waals surface area contributed by atoms with Crippen LogP contribution in [-0.2, 0) is 0 Å². The average Bonchev–Trinajstić information content (AvgIpc) is 2.37. The first kappa shape index (κ1) is 15.6. The number of amides is 1. The van der Waals surface area contributed by atoms with Crippen LogP contribution in [0.1, 0.15) is 30.1 Å². The molecular weight excluding hydrogens is 285 g/mol. The van der Waals surface area contributed by atoms with Crippen molar-refractivity contribution in [3.05, 3.63) is 29.8 Å². The summed E-state index contributed by atoms with van der Waals surface area (Å²) in [4.78, 5) is 12.2. The van der Waals surface area contributed by atoms with E-state index < -0.39 is 23.6 Å². The molecule has 1 aliphatic heterocycles. The summed E-state index contributed by atoms with van der Waals surface area (Å²) in [5, 5.41) is 5.98. The minimum Gasteiger partial charge on any atom is -0.405 e. The maximum Gasteiger partial charge on any atom is 0.573 e. The van der Waals surface area contributed by atoms with Gasteiger partial charge in [0.2, 0.25) is 0 Å². The predicted molar refractivity (Wildman–Crippen MR) is 71.1 cm³/mol. The normalized spacial score (nSPS) is 18.1. The first-order valence-electron chi connectivity index (χ1n) is 6.67. The number of carbonyl (C=O) groups is 1. The highest BCUT2D eigenvalue weighted by atomic mass is 19.4. The second-order valence-corrected chi connectivity index (χ2v) is 5.31. The molecule has 1 heterocycles. The highest BCUT2D eigenvalue weighted by Crippen LogP contribution is 2.27. The van der Waals surface area contributed by atoms with Gasteiger partial charge in [-0.2, -0.15) is 0 Å². The summed E-state index contributed by atoms with van der Waals surface area (Å²) in [5.74, 6) is -1.04. The van der Waals surface area contributed by atoms with Crippen molar-refractivity contribution in [3.8, 4) is 5.75 Å². The zero-order chi connectivity index (χ0) is 15.5. The van der Waals surface area contributed by atoms with E-state index in [4.69, 9.17) is 0 Å². The van der Waals surface area contributed by atoms with Crippen molar-refractivity contribution < 1.29 is 22.7 Å². The molecule has 4 nitrogen and oxygen atoms in total. The summed E-state index contributed by atoms with van der Waals surface area (Å²) in [5.41, 5.74) is -0.539. The Morgan fingerprint density at radius 3 is 2.52 bits per heavy atom. The minimum atomic E-state index is -4.82. The molecule has 7 heteroatoms. The van der Waals surface area contributed by atoms with Crippen LogP contribution in [0.3, 0.4) is 0 Å². The van der Waals surface area contributed by atoms with Crippen LogP contribution in [0.4, 0.5) is 13.2 Å². The molecule has 2 rings (SSSR count). The number of ether oxygens (including phenoxy) is 1. The number of rotatable bonds is 3. The van der Waals surface area contributed by atoms with Crippen LogP contribution in [0.15, 0.2) is 24.3 Å². The summed E-state index contributed by atoms with van der Waals surface area (Å²) in [7, 11) is 0. The molecule has 21 heavy (non-hydrogen) atoms. The lowest BCUT2D eigenvalue weighted by Gasteiger charge is -2.35. The number of hydrogen-bond donors (Lipinski definition) is 2. The molecule has 1 aromatic carbocycles. The fraction of sp³-hybridized carbons (Fsp3) is 0.500. The molecule has 0 aliphatic carbocycles. The summed E-state index contributed by atoms with van der Waals surface area (Å²) in [6.45, 7) is 3.41. The summed E-state index contributed by atoms with van der Waals surface area (Å²) >= 11 is 0. The maximum absolute atomic E-state index is 12.4. The second kappa shape index (κ2) is 5.93. The Balaban J connectivity index is 2.15. The lowest BCUT2D eigenvalue weighted by molar-refractivity contribution is -0.274. The van der Waals surface area contributed by atoms with Gasteiger partial charge < -0.3 is 15.4 Å². The van der Waals surface area contributed by atoms with Gasteiger partial charge in [-0.3, -0.25) is 4.79 Å². The molecule has 116 valence electrons. The summed E-state index contributed by atoms with van der Waals surface area (Å²) in [6.07, 6.45) is -3.38. The number of hydrogen-bond acceptors (Lipinski definition) is 3. The van der Waals surface area contributed by atoms with E-state index in [1.165, 1.54) is 18.2 Å². The van der Waals surface area contributed by atoms with Crippen LogP contribution < -0.4 is 15.4 Å². The van der Waals surface area contributed by atoms with E-state index >= 15 is 0 Å². The lowest BCUT2D eigenvalue weighted by atomic mass is 9.90. The van der Waals surface area contributed by atoms with E-state index in [-0.39, 0.29) is 5.56 Å². The van der Waals surface area contributed by atoms with Gasteiger partial charge in [0.15, 0.2) is 0 Å². The van der Waals surface area contributed by atoms with Gasteiger partial charge in [-0.1, -0.05) is 12.1 Å². The molecule has 1 aliphatic rings. The third kappa shape index (κ3) is 4.35. The number of benzene rings is 1. The molecule has 0 atom stereocenters. The van der Waals surface area contributed by atoms with Crippen LogP contribution in [0, 0.1) is 0 Å². The number of carbonyl (C=O) groups excluding carboxylic acids is 1. The van der Waals surface area contributed by atoms with Gasteiger partial charge in [0.05, 0.1) is 5.56 Å². The highest BCUT2D eigenvalue weighted by molar-refractivity contribution is 5.97. The fourth-order valence-electron chi connectivity index (χ4n) is 2.31. The second-order valence-electron chi connectivity index (χ2n) is 5.31. The molecular formula is C14H17F3N2O2. The van der Waals surface area contributed by atoms with Gasteiger partial charge in [-0.25, -0.2) is 0 Å². The fourth-order valence-corrected chi connectivity index (χ4v) is 2.31. The van der Waals surface area contributed by atoms with Crippen molar-refractivity contribution in [2.75, 3.05) is 13.1 Å². The zero-order valence-electron chi connectivity index (χ0n) is 11.6. The van der Waals surface area contributed by atoms with E-state index in [1.54, 1.807) is 0 Å². The molecule has 2 N–H and O–H groups in total. The van der Waals surface area contributed by atoms with Crippen molar-refractivity contribution in [3.63, 3.8) is 0 Å². The topological polar surface area (TPSA) is 50.4 Å². The Hall–Kier alpha value is -1.76. The number of piperidine rings is 1. The van der Waals surface area contributed by atoms with Crippen molar-refractivity contribution in [1.82, 2.24) is 10.6 Å². The Labute approximate surface area is 120 Å². The number of para-hydroxylation sites is 1. The van der Waals surface area contributed by atoms with Gasteiger partial charge in [0.25, 0.3) is 5.91 Å². The third-order valence-corrected chi connectivity index (χ3v) is 3.48. The molecule has 0 unspecified atom stereocenters. The van der Waals surface area contributed by atoms with E-state index in [0.29, 0.717) is 0 Å². The Morgan fingerprint density at radius 2 is 1.90 bits per heavy atom. The van der Waals surface area contributed by atoms with Crippen LogP contribution >= 0.6 is 0 Å². The third-order valence-electron chi connectivity index (χ3n) is 3.48. The number of nitrogens with one attached hydrogen (secondary N) is 2. The van der Waals surface area contributed by atoms with E-state index in [2.05, 4.69) is 15.4 Å². The monoisotopic (exact) mass is 302 g/mol. The molecule has 1 aromatic rings. The van der Waals surface area contributed by atoms with E-state index in [9.17, 15) is 18.0 Å². The number of halogens is 3. The molecule has 0 bridgehead atoms. The summed E-state index contributed by atoms with van der Waals surface area (Å²) < 4.78 is 41.0. The van der Waals surface area contributed by atoms with Crippen molar-refractivity contribution >= 4 is 5.91 Å². The standard InChI is InChI=1S/C14H17F3N2O2/c1-13(6-8-18-9-7-13)19-12(20)10-4-2-3-5-11(10)21-14(15,16)17/h2-5,18H,6-9H2,1H3,(H,19,20). The first-order chi connectivity index (χ1) is 9.79. The smallest absolute Gasteiger partial charge is 0.405 e. The van der Waals surface area contributed by atoms with E-state index in [0.717, 1.165) is 32.0 Å². The lowest BCUT2D eigenvalue weighted by Crippen LogP contribution is -2.52. The van der Waals surface area contributed by atoms with Crippen LogP contribution in [-0.4, -0.2) is 30.9 Å². The van der Waals surface area contributed by atoms with Crippen molar-refractivity contribution in [2.45, 2.75) is 31.7 Å². The predicted octanol–water partition coefficient (Wildman–Crippen LogP) is 2.46. The van der Waals surface area contributed by atoms with Gasteiger partial charge in [0.1, 0.15) is 5.75 Å². The van der Waals surface area contributed by atoms with Gasteiger partial charge >= 0.3 is 6.36 Å². The zero-order valence-corrected chi connectivity index (χ0v) is 11.6. The summed E-state index contributed by atoms with van der Waals surface area (Å²) in [6, 6.07) is 5.35. The Morgan fingerprint density at radius 1 is 1.29 bits per heavy atom. The Kier molecular flexibility index (Phi) is 4.41. The van der Waals surface area contributed by atoms with Gasteiger partial charge in [0, 0.05) is 5.54 Å². The minimum absolute atomic E-state index is 0.116. The quantitative estimate of drug-likeness (QED) is 0.902. The maximum atomic E-state index is 12.4. The Bertz CT molecular complexity index is 511.